The van der Waals surface area contributed by atoms with E-state index in [1.54, 1.807) is 26.4 Å². The van der Waals surface area contributed by atoms with Gasteiger partial charge < -0.3 is 24.3 Å². The normalized spacial score (nSPS) is 13.9. The first kappa shape index (κ1) is 19.6. The van der Waals surface area contributed by atoms with E-state index in [1.165, 1.54) is 0 Å². The second kappa shape index (κ2) is 8.69. The Labute approximate surface area is 165 Å². The SMILES string of the molecule is CC=Cc1cc(C(=O)NC(C)c2ccc3c(c2)OCCO3)cc(OC)c1OC. The first-order valence-electron chi connectivity index (χ1n) is 9.16. The standard InChI is InChI=1S/C22H25NO5/c1-5-6-16-11-17(13-20(25-3)21(16)26-4)22(24)23-14(2)15-7-8-18-19(12-15)28-10-9-27-18/h5-8,11-14H,9-10H2,1-4H3,(H,23,24). The molecule has 1 heterocycles. The quantitative estimate of drug-likeness (QED) is 0.817. The van der Waals surface area contributed by atoms with Crippen LogP contribution in [0.2, 0.25) is 0 Å². The van der Waals surface area contributed by atoms with Gasteiger partial charge in [-0.15, -0.1) is 0 Å². The maximum atomic E-state index is 12.9. The summed E-state index contributed by atoms with van der Waals surface area (Å²) in [5.41, 5.74) is 2.21. The number of carbonyl (C=O) groups is 1. The van der Waals surface area contributed by atoms with Crippen molar-refractivity contribution >= 4 is 12.0 Å². The summed E-state index contributed by atoms with van der Waals surface area (Å²) in [6.07, 6.45) is 3.76. The van der Waals surface area contributed by atoms with Gasteiger partial charge in [-0.3, -0.25) is 4.79 Å². The maximum Gasteiger partial charge on any atom is 0.251 e. The van der Waals surface area contributed by atoms with Crippen LogP contribution in [-0.4, -0.2) is 33.3 Å². The summed E-state index contributed by atoms with van der Waals surface area (Å²) in [6, 6.07) is 8.96. The molecule has 6 heteroatoms. The number of hydrogen-bond acceptors (Lipinski definition) is 5. The highest BCUT2D eigenvalue weighted by Gasteiger charge is 2.19. The number of methoxy groups -OCH3 is 2. The topological polar surface area (TPSA) is 66.0 Å². The number of allylic oxidation sites excluding steroid dienone is 1. The highest BCUT2D eigenvalue weighted by molar-refractivity contribution is 5.96. The largest absolute Gasteiger partial charge is 0.493 e. The van der Waals surface area contributed by atoms with Crippen LogP contribution in [0.1, 0.15) is 41.4 Å². The summed E-state index contributed by atoms with van der Waals surface area (Å²) in [5.74, 6) is 2.33. The lowest BCUT2D eigenvalue weighted by atomic mass is 10.0. The van der Waals surface area contributed by atoms with Crippen LogP contribution in [-0.2, 0) is 0 Å². The fraction of sp³-hybridized carbons (Fsp3) is 0.318. The van der Waals surface area contributed by atoms with Crippen LogP contribution < -0.4 is 24.3 Å². The van der Waals surface area contributed by atoms with Crippen LogP contribution in [0.4, 0.5) is 0 Å². The predicted molar refractivity (Wildman–Crippen MR) is 108 cm³/mol. The van der Waals surface area contributed by atoms with Crippen LogP contribution in [0.5, 0.6) is 23.0 Å². The molecule has 0 fully saturated rings. The second-order valence-electron chi connectivity index (χ2n) is 6.40. The van der Waals surface area contributed by atoms with Crippen molar-refractivity contribution in [3.63, 3.8) is 0 Å². The molecule has 0 saturated carbocycles. The number of hydrogen-bond donors (Lipinski definition) is 1. The molecule has 1 aliphatic rings. The molecule has 0 saturated heterocycles. The Kier molecular flexibility index (Phi) is 6.09. The molecular weight excluding hydrogens is 358 g/mol. The fourth-order valence-electron chi connectivity index (χ4n) is 3.12. The van der Waals surface area contributed by atoms with Gasteiger partial charge in [0.25, 0.3) is 5.91 Å². The summed E-state index contributed by atoms with van der Waals surface area (Å²) < 4.78 is 22.0. The van der Waals surface area contributed by atoms with E-state index >= 15 is 0 Å². The molecule has 3 rings (SSSR count). The van der Waals surface area contributed by atoms with Crippen molar-refractivity contribution in [3.8, 4) is 23.0 Å². The average Bonchev–Trinajstić information content (AvgIpc) is 2.72. The summed E-state index contributed by atoms with van der Waals surface area (Å²) in [4.78, 5) is 12.9. The van der Waals surface area contributed by atoms with Crippen molar-refractivity contribution < 1.29 is 23.7 Å². The minimum Gasteiger partial charge on any atom is -0.493 e. The monoisotopic (exact) mass is 383 g/mol. The molecule has 0 radical (unpaired) electrons. The number of rotatable bonds is 6. The molecule has 0 spiro atoms. The first-order chi connectivity index (χ1) is 13.6. The van der Waals surface area contributed by atoms with E-state index in [1.807, 2.05) is 44.2 Å². The molecule has 0 bridgehead atoms. The molecule has 1 atom stereocenters. The Morgan fingerprint density at radius 1 is 1.11 bits per heavy atom. The van der Waals surface area contributed by atoms with E-state index < -0.39 is 0 Å². The third-order valence-electron chi connectivity index (χ3n) is 4.53. The number of fused-ring (bicyclic) bond motifs is 1. The van der Waals surface area contributed by atoms with Crippen molar-refractivity contribution in [3.05, 3.63) is 53.1 Å². The highest BCUT2D eigenvalue weighted by atomic mass is 16.6. The minimum atomic E-state index is -0.207. The Bertz CT molecular complexity index is 891. The summed E-state index contributed by atoms with van der Waals surface area (Å²) in [7, 11) is 3.13. The number of nitrogens with one attached hydrogen (secondary N) is 1. The molecule has 1 N–H and O–H groups in total. The van der Waals surface area contributed by atoms with Gasteiger partial charge in [-0.25, -0.2) is 0 Å². The van der Waals surface area contributed by atoms with Crippen LogP contribution in [0.3, 0.4) is 0 Å². The number of benzene rings is 2. The highest BCUT2D eigenvalue weighted by Crippen LogP contribution is 2.35. The van der Waals surface area contributed by atoms with E-state index in [9.17, 15) is 4.79 Å². The van der Waals surface area contributed by atoms with Gasteiger partial charge in [0.15, 0.2) is 23.0 Å². The zero-order valence-corrected chi connectivity index (χ0v) is 16.6. The number of amides is 1. The number of carbonyl (C=O) groups excluding carboxylic acids is 1. The van der Waals surface area contributed by atoms with E-state index in [4.69, 9.17) is 18.9 Å². The third kappa shape index (κ3) is 4.06. The molecule has 28 heavy (non-hydrogen) atoms. The molecule has 1 amide bonds. The Balaban J connectivity index is 1.83. The van der Waals surface area contributed by atoms with Crippen LogP contribution in [0.15, 0.2) is 36.4 Å². The Morgan fingerprint density at radius 2 is 1.86 bits per heavy atom. The van der Waals surface area contributed by atoms with Crippen molar-refractivity contribution in [1.29, 1.82) is 0 Å². The van der Waals surface area contributed by atoms with Gasteiger partial charge in [0.2, 0.25) is 0 Å². The van der Waals surface area contributed by atoms with Crippen molar-refractivity contribution in [2.45, 2.75) is 19.9 Å². The van der Waals surface area contributed by atoms with Gasteiger partial charge >= 0.3 is 0 Å². The van der Waals surface area contributed by atoms with Crippen molar-refractivity contribution in [2.24, 2.45) is 0 Å². The predicted octanol–water partition coefficient (Wildman–Crippen LogP) is 4.00. The molecule has 0 aromatic heterocycles. The third-order valence-corrected chi connectivity index (χ3v) is 4.53. The molecule has 0 aliphatic carbocycles. The first-order valence-corrected chi connectivity index (χ1v) is 9.16. The summed E-state index contributed by atoms with van der Waals surface area (Å²) in [6.45, 7) is 4.91. The summed E-state index contributed by atoms with van der Waals surface area (Å²) in [5, 5.41) is 3.02. The van der Waals surface area contributed by atoms with Gasteiger partial charge in [0.05, 0.1) is 20.3 Å². The fourth-order valence-corrected chi connectivity index (χ4v) is 3.12. The molecule has 2 aromatic carbocycles. The van der Waals surface area contributed by atoms with Gasteiger partial charge in [0, 0.05) is 11.1 Å². The van der Waals surface area contributed by atoms with E-state index in [2.05, 4.69) is 5.32 Å². The zero-order valence-electron chi connectivity index (χ0n) is 16.6. The lowest BCUT2D eigenvalue weighted by Gasteiger charge is -2.21. The van der Waals surface area contributed by atoms with E-state index in [-0.39, 0.29) is 11.9 Å². The minimum absolute atomic E-state index is 0.200. The molecule has 6 nitrogen and oxygen atoms in total. The van der Waals surface area contributed by atoms with Crippen molar-refractivity contribution in [2.75, 3.05) is 27.4 Å². The Morgan fingerprint density at radius 3 is 2.54 bits per heavy atom. The smallest absolute Gasteiger partial charge is 0.251 e. The lowest BCUT2D eigenvalue weighted by molar-refractivity contribution is 0.0939. The molecule has 1 aliphatic heterocycles. The van der Waals surface area contributed by atoms with Crippen LogP contribution in [0, 0.1) is 0 Å². The van der Waals surface area contributed by atoms with E-state index in [0.717, 1.165) is 16.9 Å². The number of ether oxygens (including phenoxy) is 4. The maximum absolute atomic E-state index is 12.9. The zero-order chi connectivity index (χ0) is 20.1. The van der Waals surface area contributed by atoms with E-state index in [0.29, 0.717) is 36.0 Å². The average molecular weight is 383 g/mol. The molecule has 148 valence electrons. The van der Waals surface area contributed by atoms with Gasteiger partial charge in [0.1, 0.15) is 13.2 Å². The molecular formula is C22H25NO5. The van der Waals surface area contributed by atoms with Gasteiger partial charge in [-0.1, -0.05) is 18.2 Å². The van der Waals surface area contributed by atoms with Gasteiger partial charge in [-0.2, -0.15) is 0 Å². The van der Waals surface area contributed by atoms with Crippen LogP contribution >= 0.6 is 0 Å². The summed E-state index contributed by atoms with van der Waals surface area (Å²) >= 11 is 0. The van der Waals surface area contributed by atoms with Crippen molar-refractivity contribution in [1.82, 2.24) is 5.32 Å². The second-order valence-corrected chi connectivity index (χ2v) is 6.40. The lowest BCUT2D eigenvalue weighted by Crippen LogP contribution is -2.27. The Hall–Kier alpha value is -3.15. The van der Waals surface area contributed by atoms with Crippen LogP contribution in [0.25, 0.3) is 6.08 Å². The molecule has 1 unspecified atom stereocenters. The molecule has 2 aromatic rings. The van der Waals surface area contributed by atoms with Gasteiger partial charge in [-0.05, 0) is 43.7 Å².